The summed E-state index contributed by atoms with van der Waals surface area (Å²) in [6.07, 6.45) is 15.3. The van der Waals surface area contributed by atoms with Crippen LogP contribution in [0, 0.1) is 30.6 Å². The zero-order valence-electron chi connectivity index (χ0n) is 11.5. The van der Waals surface area contributed by atoms with E-state index in [-0.39, 0.29) is 0 Å². The van der Waals surface area contributed by atoms with Crippen LogP contribution < -0.4 is 0 Å². The molecule has 0 saturated heterocycles. The summed E-state index contributed by atoms with van der Waals surface area (Å²) in [6, 6.07) is 8.94. The number of hydrogen-bond donors (Lipinski definition) is 2. The normalized spacial score (nSPS) is 22.0. The summed E-state index contributed by atoms with van der Waals surface area (Å²) in [6.45, 7) is 0. The quantitative estimate of drug-likeness (QED) is 0.827. The number of benzene rings is 1. The number of hydrogen-bond acceptors (Lipinski definition) is 2. The van der Waals surface area contributed by atoms with Gasteiger partial charge in [0.25, 0.3) is 0 Å². The van der Waals surface area contributed by atoms with E-state index in [1.165, 1.54) is 0 Å². The monoisotopic (exact) mass is 268 g/mol. The predicted octanol–water partition coefficient (Wildman–Crippen LogP) is 2.45. The summed E-state index contributed by atoms with van der Waals surface area (Å²) < 4.78 is 0. The Bertz CT molecular complexity index is 529. The third-order valence-electron chi connectivity index (χ3n) is 4.28. The van der Waals surface area contributed by atoms with Crippen LogP contribution in [0.15, 0.2) is 30.3 Å². The molecule has 0 amide bonds. The van der Waals surface area contributed by atoms with Crippen molar-refractivity contribution < 1.29 is 10.2 Å². The van der Waals surface area contributed by atoms with Gasteiger partial charge in [0.05, 0.1) is 11.5 Å². The maximum absolute atomic E-state index is 10.9. The minimum atomic E-state index is -1.64. The molecule has 1 aromatic rings. The van der Waals surface area contributed by atoms with Gasteiger partial charge in [0.15, 0.2) is 5.60 Å². The molecule has 20 heavy (non-hydrogen) atoms. The third-order valence-corrected chi connectivity index (χ3v) is 4.28. The molecule has 2 nitrogen and oxygen atoms in total. The molecule has 1 fully saturated rings. The molecule has 0 aliphatic heterocycles. The Hall–Kier alpha value is -1.74. The Kier molecular flexibility index (Phi) is 4.19. The van der Waals surface area contributed by atoms with E-state index in [4.69, 9.17) is 12.8 Å². The van der Waals surface area contributed by atoms with Crippen LogP contribution in [-0.2, 0) is 5.60 Å². The van der Waals surface area contributed by atoms with Gasteiger partial charge >= 0.3 is 0 Å². The van der Waals surface area contributed by atoms with E-state index in [0.717, 1.165) is 19.3 Å². The lowest BCUT2D eigenvalue weighted by Gasteiger charge is -2.42. The van der Waals surface area contributed by atoms with Gasteiger partial charge in [-0.2, -0.15) is 0 Å². The lowest BCUT2D eigenvalue weighted by molar-refractivity contribution is -0.0967. The van der Waals surface area contributed by atoms with Crippen molar-refractivity contribution in [2.24, 2.45) is 5.92 Å². The van der Waals surface area contributed by atoms with Gasteiger partial charge in [-0.05, 0) is 18.4 Å². The van der Waals surface area contributed by atoms with Crippen molar-refractivity contribution in [3.8, 4) is 24.7 Å². The lowest BCUT2D eigenvalue weighted by Crippen LogP contribution is -2.50. The second-order valence-corrected chi connectivity index (χ2v) is 5.54. The highest BCUT2D eigenvalue weighted by Crippen LogP contribution is 2.43. The predicted molar refractivity (Wildman–Crippen MR) is 79.5 cm³/mol. The summed E-state index contributed by atoms with van der Waals surface area (Å²) in [5.74, 6) is 4.18. The molecule has 2 rings (SSSR count). The molecule has 0 bridgehead atoms. The Morgan fingerprint density at radius 2 is 1.70 bits per heavy atom. The molecule has 2 atom stereocenters. The molecule has 1 saturated carbocycles. The zero-order chi connectivity index (χ0) is 14.6. The molecule has 0 radical (unpaired) electrons. The molecule has 1 aliphatic carbocycles. The molecule has 0 heterocycles. The molecule has 0 aromatic heterocycles. The van der Waals surface area contributed by atoms with Crippen LogP contribution in [-0.4, -0.2) is 15.8 Å². The first kappa shape index (κ1) is 14.7. The molecule has 2 N–H and O–H groups in total. The Morgan fingerprint density at radius 1 is 1.10 bits per heavy atom. The number of aliphatic hydroxyl groups is 2. The second kappa shape index (κ2) is 5.71. The molecular formula is C18H20O2. The highest BCUT2D eigenvalue weighted by molar-refractivity contribution is 5.36. The molecule has 0 spiro atoms. The Labute approximate surface area is 120 Å². The van der Waals surface area contributed by atoms with Crippen molar-refractivity contribution in [1.29, 1.82) is 0 Å². The minimum absolute atomic E-state index is 0.560. The first-order valence-electron chi connectivity index (χ1n) is 7.01. The molecule has 104 valence electrons. The van der Waals surface area contributed by atoms with Crippen LogP contribution in [0.2, 0.25) is 0 Å². The van der Waals surface area contributed by atoms with E-state index >= 15 is 0 Å². The fourth-order valence-electron chi connectivity index (χ4n) is 3.14. The molecular weight excluding hydrogens is 248 g/mol. The van der Waals surface area contributed by atoms with Crippen molar-refractivity contribution in [3.63, 3.8) is 0 Å². The summed E-state index contributed by atoms with van der Waals surface area (Å²) in [5.41, 5.74) is -2.17. The highest BCUT2D eigenvalue weighted by Gasteiger charge is 2.49. The molecule has 2 heteroatoms. The van der Waals surface area contributed by atoms with Crippen molar-refractivity contribution in [3.05, 3.63) is 35.9 Å². The molecule has 2 unspecified atom stereocenters. The van der Waals surface area contributed by atoms with Crippen LogP contribution >= 0.6 is 0 Å². The van der Waals surface area contributed by atoms with Crippen LogP contribution in [0.25, 0.3) is 0 Å². The minimum Gasteiger partial charge on any atom is -0.388 e. The van der Waals surface area contributed by atoms with Gasteiger partial charge in [-0.1, -0.05) is 61.4 Å². The van der Waals surface area contributed by atoms with Crippen molar-refractivity contribution in [1.82, 2.24) is 0 Å². The van der Waals surface area contributed by atoms with Gasteiger partial charge in [0.1, 0.15) is 0 Å². The van der Waals surface area contributed by atoms with Crippen LogP contribution in [0.1, 0.15) is 37.7 Å². The number of rotatable bonds is 3. The third kappa shape index (κ3) is 2.46. The summed E-state index contributed by atoms with van der Waals surface area (Å²) in [4.78, 5) is 0. The first-order valence-corrected chi connectivity index (χ1v) is 7.01. The topological polar surface area (TPSA) is 40.5 Å². The van der Waals surface area contributed by atoms with Crippen LogP contribution in [0.4, 0.5) is 0 Å². The van der Waals surface area contributed by atoms with Gasteiger partial charge in [-0.25, -0.2) is 0 Å². The first-order chi connectivity index (χ1) is 9.57. The smallest absolute Gasteiger partial charge is 0.167 e. The zero-order valence-corrected chi connectivity index (χ0v) is 11.5. The fraction of sp³-hybridized carbons (Fsp3) is 0.444. The SMILES string of the molecule is C#CC(C1(O)CCCCC1)C(O)(C#C)c1ccccc1. The van der Waals surface area contributed by atoms with E-state index in [0.29, 0.717) is 18.4 Å². The summed E-state index contributed by atoms with van der Waals surface area (Å²) in [5, 5.41) is 21.8. The van der Waals surface area contributed by atoms with Gasteiger partial charge in [-0.15, -0.1) is 12.8 Å². The van der Waals surface area contributed by atoms with Crippen LogP contribution in [0.3, 0.4) is 0 Å². The summed E-state index contributed by atoms with van der Waals surface area (Å²) in [7, 11) is 0. The van der Waals surface area contributed by atoms with E-state index in [2.05, 4.69) is 11.8 Å². The van der Waals surface area contributed by atoms with Gasteiger partial charge < -0.3 is 10.2 Å². The van der Waals surface area contributed by atoms with Crippen molar-refractivity contribution in [2.75, 3.05) is 0 Å². The largest absolute Gasteiger partial charge is 0.388 e. The van der Waals surface area contributed by atoms with Crippen molar-refractivity contribution >= 4 is 0 Å². The fourth-order valence-corrected chi connectivity index (χ4v) is 3.14. The molecule has 1 aromatic carbocycles. The Balaban J connectivity index is 2.43. The van der Waals surface area contributed by atoms with E-state index in [1.807, 2.05) is 6.07 Å². The van der Waals surface area contributed by atoms with Crippen molar-refractivity contribution in [2.45, 2.75) is 43.3 Å². The van der Waals surface area contributed by atoms with Gasteiger partial charge in [0.2, 0.25) is 0 Å². The maximum Gasteiger partial charge on any atom is 0.167 e. The standard InChI is InChI=1S/C18H20O2/c1-3-16(17(19)13-9-6-10-14-17)18(20,4-2)15-11-7-5-8-12-15/h1-2,5,7-8,11-12,16,19-20H,6,9-10,13-14H2. The molecule has 1 aliphatic rings. The van der Waals surface area contributed by atoms with E-state index in [9.17, 15) is 10.2 Å². The van der Waals surface area contributed by atoms with E-state index < -0.39 is 17.1 Å². The number of terminal acetylenes is 2. The second-order valence-electron chi connectivity index (χ2n) is 5.54. The average Bonchev–Trinajstić information content (AvgIpc) is 2.49. The maximum atomic E-state index is 10.9. The van der Waals surface area contributed by atoms with Gasteiger partial charge in [0, 0.05) is 0 Å². The lowest BCUT2D eigenvalue weighted by atomic mass is 9.67. The summed E-state index contributed by atoms with van der Waals surface area (Å²) >= 11 is 0. The van der Waals surface area contributed by atoms with Crippen LogP contribution in [0.5, 0.6) is 0 Å². The Morgan fingerprint density at radius 3 is 2.20 bits per heavy atom. The van der Waals surface area contributed by atoms with Gasteiger partial charge in [-0.3, -0.25) is 0 Å². The highest BCUT2D eigenvalue weighted by atomic mass is 16.3. The average molecular weight is 268 g/mol. The van der Waals surface area contributed by atoms with E-state index in [1.54, 1.807) is 24.3 Å².